The zero-order valence-corrected chi connectivity index (χ0v) is 16.2. The van der Waals surface area contributed by atoms with Gasteiger partial charge in [-0.3, -0.25) is 0 Å². The molecule has 4 rings (SSSR count). The Kier molecular flexibility index (Phi) is 4.81. The Balaban J connectivity index is 1.85. The summed E-state index contributed by atoms with van der Waals surface area (Å²) in [6, 6.07) is 22.0. The number of aryl methyl sites for hydroxylation is 2. The van der Waals surface area contributed by atoms with Crippen molar-refractivity contribution in [1.82, 2.24) is 9.97 Å². The summed E-state index contributed by atoms with van der Waals surface area (Å²) in [6.45, 7) is 4.12. The zero-order chi connectivity index (χ0) is 19.5. The van der Waals surface area contributed by atoms with Crippen LogP contribution in [-0.2, 0) is 0 Å². The van der Waals surface area contributed by atoms with E-state index in [4.69, 9.17) is 14.7 Å². The standard InChI is InChI=1S/C23H22N4O/c1-15-9-4-6-12-18(15)24-22-17-11-8-14-20(28-3)21(17)26-23(27-22)25-19-13-7-5-10-16(19)2/h4-14H,1-3H3,(H2,24,25,26,27). The summed E-state index contributed by atoms with van der Waals surface area (Å²) in [7, 11) is 1.65. The van der Waals surface area contributed by atoms with Gasteiger partial charge in [0.15, 0.2) is 0 Å². The van der Waals surface area contributed by atoms with Crippen LogP contribution < -0.4 is 15.4 Å². The van der Waals surface area contributed by atoms with Gasteiger partial charge in [-0.15, -0.1) is 0 Å². The minimum Gasteiger partial charge on any atom is -0.494 e. The highest BCUT2D eigenvalue weighted by Gasteiger charge is 2.13. The first kappa shape index (κ1) is 17.8. The van der Waals surface area contributed by atoms with E-state index < -0.39 is 0 Å². The van der Waals surface area contributed by atoms with Gasteiger partial charge >= 0.3 is 0 Å². The van der Waals surface area contributed by atoms with E-state index >= 15 is 0 Å². The van der Waals surface area contributed by atoms with Crippen molar-refractivity contribution in [3.05, 3.63) is 77.9 Å². The van der Waals surface area contributed by atoms with Gasteiger partial charge in [-0.25, -0.2) is 4.98 Å². The first-order valence-electron chi connectivity index (χ1n) is 9.16. The van der Waals surface area contributed by atoms with Crippen LogP contribution in [0.5, 0.6) is 5.75 Å². The van der Waals surface area contributed by atoms with Crippen molar-refractivity contribution in [3.8, 4) is 5.75 Å². The molecule has 0 amide bonds. The average Bonchev–Trinajstić information content (AvgIpc) is 2.71. The van der Waals surface area contributed by atoms with Crippen molar-refractivity contribution >= 4 is 34.0 Å². The van der Waals surface area contributed by atoms with E-state index in [-0.39, 0.29) is 0 Å². The number of para-hydroxylation sites is 3. The maximum atomic E-state index is 5.54. The molecule has 1 aromatic heterocycles. The Morgan fingerprint density at radius 3 is 2.00 bits per heavy atom. The lowest BCUT2D eigenvalue weighted by molar-refractivity contribution is 0.419. The van der Waals surface area contributed by atoms with Crippen LogP contribution in [-0.4, -0.2) is 17.1 Å². The third-order valence-corrected chi connectivity index (χ3v) is 4.70. The monoisotopic (exact) mass is 370 g/mol. The highest BCUT2D eigenvalue weighted by Crippen LogP contribution is 2.32. The molecule has 28 heavy (non-hydrogen) atoms. The topological polar surface area (TPSA) is 59.1 Å². The number of hydrogen-bond donors (Lipinski definition) is 2. The molecule has 0 atom stereocenters. The molecule has 0 aliphatic rings. The number of methoxy groups -OCH3 is 1. The summed E-state index contributed by atoms with van der Waals surface area (Å²) in [5.41, 5.74) is 5.00. The first-order chi connectivity index (χ1) is 13.7. The van der Waals surface area contributed by atoms with Crippen LogP contribution in [0, 0.1) is 13.8 Å². The number of benzene rings is 3. The lowest BCUT2D eigenvalue weighted by atomic mass is 10.1. The second-order valence-electron chi connectivity index (χ2n) is 6.63. The molecule has 3 aromatic carbocycles. The van der Waals surface area contributed by atoms with Gasteiger partial charge in [-0.05, 0) is 49.2 Å². The molecule has 5 nitrogen and oxygen atoms in total. The summed E-state index contributed by atoms with van der Waals surface area (Å²) < 4.78 is 5.54. The van der Waals surface area contributed by atoms with Crippen molar-refractivity contribution in [3.63, 3.8) is 0 Å². The maximum Gasteiger partial charge on any atom is 0.229 e. The molecule has 0 spiro atoms. The van der Waals surface area contributed by atoms with E-state index in [1.807, 2.05) is 54.6 Å². The molecule has 5 heteroatoms. The number of hydrogen-bond acceptors (Lipinski definition) is 5. The third-order valence-electron chi connectivity index (χ3n) is 4.70. The fourth-order valence-corrected chi connectivity index (χ4v) is 3.12. The fourth-order valence-electron chi connectivity index (χ4n) is 3.12. The molecule has 0 aliphatic carbocycles. The number of aromatic nitrogens is 2. The van der Waals surface area contributed by atoms with Gasteiger partial charge in [0.1, 0.15) is 17.1 Å². The number of fused-ring (bicyclic) bond motifs is 1. The lowest BCUT2D eigenvalue weighted by Crippen LogP contribution is -2.04. The molecule has 2 N–H and O–H groups in total. The van der Waals surface area contributed by atoms with E-state index in [1.165, 1.54) is 0 Å². The first-order valence-corrected chi connectivity index (χ1v) is 9.16. The van der Waals surface area contributed by atoms with Crippen LogP contribution in [0.3, 0.4) is 0 Å². The largest absolute Gasteiger partial charge is 0.494 e. The van der Waals surface area contributed by atoms with Crippen LogP contribution in [0.4, 0.5) is 23.1 Å². The minimum atomic E-state index is 0.516. The van der Waals surface area contributed by atoms with Gasteiger partial charge in [0, 0.05) is 16.8 Å². The Morgan fingerprint density at radius 1 is 0.714 bits per heavy atom. The normalized spacial score (nSPS) is 10.7. The Morgan fingerprint density at radius 2 is 1.36 bits per heavy atom. The van der Waals surface area contributed by atoms with E-state index in [0.717, 1.165) is 39.2 Å². The molecular weight excluding hydrogens is 348 g/mol. The van der Waals surface area contributed by atoms with E-state index in [1.54, 1.807) is 7.11 Å². The van der Waals surface area contributed by atoms with Crippen LogP contribution in [0.25, 0.3) is 10.9 Å². The summed E-state index contributed by atoms with van der Waals surface area (Å²) >= 11 is 0. The van der Waals surface area contributed by atoms with Crippen LogP contribution in [0.1, 0.15) is 11.1 Å². The van der Waals surface area contributed by atoms with Crippen LogP contribution >= 0.6 is 0 Å². The predicted molar refractivity (Wildman–Crippen MR) is 115 cm³/mol. The minimum absolute atomic E-state index is 0.516. The molecule has 0 fully saturated rings. The molecule has 0 radical (unpaired) electrons. The molecule has 4 aromatic rings. The number of nitrogens with zero attached hydrogens (tertiary/aromatic N) is 2. The summed E-state index contributed by atoms with van der Waals surface area (Å²) in [5, 5.41) is 7.70. The van der Waals surface area contributed by atoms with Crippen molar-refractivity contribution in [2.75, 3.05) is 17.7 Å². The zero-order valence-electron chi connectivity index (χ0n) is 16.2. The van der Waals surface area contributed by atoms with Crippen molar-refractivity contribution < 1.29 is 4.74 Å². The quantitative estimate of drug-likeness (QED) is 0.469. The van der Waals surface area contributed by atoms with Crippen molar-refractivity contribution in [1.29, 1.82) is 0 Å². The van der Waals surface area contributed by atoms with Gasteiger partial charge in [0.05, 0.1) is 7.11 Å². The summed E-state index contributed by atoms with van der Waals surface area (Å²) in [4.78, 5) is 9.48. The second-order valence-corrected chi connectivity index (χ2v) is 6.63. The molecule has 0 aliphatic heterocycles. The average molecular weight is 370 g/mol. The van der Waals surface area contributed by atoms with Crippen LogP contribution in [0.15, 0.2) is 66.7 Å². The smallest absolute Gasteiger partial charge is 0.229 e. The Labute approximate surface area is 164 Å². The second kappa shape index (κ2) is 7.56. The number of nitrogens with one attached hydrogen (secondary N) is 2. The number of anilines is 4. The number of rotatable bonds is 5. The Hall–Kier alpha value is -3.60. The van der Waals surface area contributed by atoms with E-state index in [0.29, 0.717) is 11.7 Å². The maximum absolute atomic E-state index is 5.54. The molecule has 0 saturated carbocycles. The highest BCUT2D eigenvalue weighted by atomic mass is 16.5. The lowest BCUT2D eigenvalue weighted by Gasteiger charge is -2.15. The van der Waals surface area contributed by atoms with Crippen molar-refractivity contribution in [2.45, 2.75) is 13.8 Å². The molecule has 0 unspecified atom stereocenters. The summed E-state index contributed by atoms with van der Waals surface area (Å²) in [6.07, 6.45) is 0. The van der Waals surface area contributed by atoms with Gasteiger partial charge in [-0.1, -0.05) is 42.5 Å². The predicted octanol–water partition coefficient (Wildman–Crippen LogP) is 5.74. The third kappa shape index (κ3) is 3.47. The molecule has 140 valence electrons. The van der Waals surface area contributed by atoms with Gasteiger partial charge in [-0.2, -0.15) is 4.98 Å². The number of ether oxygens (including phenoxy) is 1. The van der Waals surface area contributed by atoms with Gasteiger partial charge in [0.2, 0.25) is 5.95 Å². The molecule has 0 saturated heterocycles. The van der Waals surface area contributed by atoms with Gasteiger partial charge in [0.25, 0.3) is 0 Å². The van der Waals surface area contributed by atoms with E-state index in [9.17, 15) is 0 Å². The SMILES string of the molecule is COc1cccc2c(Nc3ccccc3C)nc(Nc3ccccc3C)nc12. The molecule has 0 bridgehead atoms. The fraction of sp³-hybridized carbons (Fsp3) is 0.130. The van der Waals surface area contributed by atoms with E-state index in [2.05, 4.69) is 36.6 Å². The van der Waals surface area contributed by atoms with Gasteiger partial charge < -0.3 is 15.4 Å². The van der Waals surface area contributed by atoms with Crippen molar-refractivity contribution in [2.24, 2.45) is 0 Å². The Bertz CT molecular complexity index is 1140. The summed E-state index contributed by atoms with van der Waals surface area (Å²) in [5.74, 6) is 1.96. The molecule has 1 heterocycles. The highest BCUT2D eigenvalue weighted by molar-refractivity contribution is 5.95. The van der Waals surface area contributed by atoms with Crippen LogP contribution in [0.2, 0.25) is 0 Å². The molecular formula is C23H22N4O.